The van der Waals surface area contributed by atoms with Gasteiger partial charge in [0.25, 0.3) is 0 Å². The van der Waals surface area contributed by atoms with E-state index in [4.69, 9.17) is 14.2 Å². The average molecular weight is 342 g/mol. The second kappa shape index (κ2) is 8.12. The molecule has 1 fully saturated rings. The maximum absolute atomic E-state index is 5.49. The van der Waals surface area contributed by atoms with Gasteiger partial charge in [0.2, 0.25) is 0 Å². The van der Waals surface area contributed by atoms with Gasteiger partial charge >= 0.3 is 0 Å². The first-order valence-corrected chi connectivity index (χ1v) is 8.55. The first-order valence-electron chi connectivity index (χ1n) is 8.55. The molecular formula is C20H26N2O3. The van der Waals surface area contributed by atoms with Gasteiger partial charge in [0, 0.05) is 44.0 Å². The number of hydrogen-bond acceptors (Lipinski definition) is 5. The summed E-state index contributed by atoms with van der Waals surface area (Å²) in [6.07, 6.45) is 0. The van der Waals surface area contributed by atoms with Crippen molar-refractivity contribution in [1.29, 1.82) is 0 Å². The summed E-state index contributed by atoms with van der Waals surface area (Å²) in [5, 5.41) is 0. The summed E-state index contributed by atoms with van der Waals surface area (Å²) in [6.45, 7) is 4.94. The third-order valence-electron chi connectivity index (χ3n) is 4.69. The highest BCUT2D eigenvalue weighted by Crippen LogP contribution is 2.26. The van der Waals surface area contributed by atoms with Gasteiger partial charge in [-0.25, -0.2) is 0 Å². The Morgan fingerprint density at radius 2 is 1.40 bits per heavy atom. The van der Waals surface area contributed by atoms with Crippen LogP contribution in [0.1, 0.15) is 5.56 Å². The van der Waals surface area contributed by atoms with Crippen molar-refractivity contribution in [2.45, 2.75) is 6.54 Å². The number of nitrogens with zero attached hydrogens (tertiary/aromatic N) is 2. The molecule has 1 aliphatic heterocycles. The number of anilines is 1. The van der Waals surface area contributed by atoms with Crippen LogP contribution < -0.4 is 19.1 Å². The van der Waals surface area contributed by atoms with E-state index in [0.29, 0.717) is 0 Å². The van der Waals surface area contributed by atoms with Crippen LogP contribution in [0.2, 0.25) is 0 Å². The van der Waals surface area contributed by atoms with Gasteiger partial charge in [0.15, 0.2) is 0 Å². The minimum absolute atomic E-state index is 0.868. The number of piperazine rings is 1. The fourth-order valence-electron chi connectivity index (χ4n) is 3.20. The highest BCUT2D eigenvalue weighted by Gasteiger charge is 2.19. The van der Waals surface area contributed by atoms with Crippen molar-refractivity contribution in [3.05, 3.63) is 48.0 Å². The largest absolute Gasteiger partial charge is 0.497 e. The Balaban J connectivity index is 1.60. The predicted molar refractivity (Wildman–Crippen MR) is 100 cm³/mol. The Hall–Kier alpha value is -2.40. The highest BCUT2D eigenvalue weighted by atomic mass is 16.5. The molecule has 0 N–H and O–H groups in total. The maximum Gasteiger partial charge on any atom is 0.123 e. The lowest BCUT2D eigenvalue weighted by atomic mass is 10.1. The van der Waals surface area contributed by atoms with E-state index in [0.717, 1.165) is 50.0 Å². The smallest absolute Gasteiger partial charge is 0.123 e. The van der Waals surface area contributed by atoms with Gasteiger partial charge in [-0.1, -0.05) is 0 Å². The zero-order valence-electron chi connectivity index (χ0n) is 15.2. The topological polar surface area (TPSA) is 34.2 Å². The summed E-state index contributed by atoms with van der Waals surface area (Å²) < 4.78 is 16.1. The monoisotopic (exact) mass is 342 g/mol. The van der Waals surface area contributed by atoms with Crippen molar-refractivity contribution in [3.63, 3.8) is 0 Å². The molecule has 3 rings (SSSR count). The maximum atomic E-state index is 5.49. The van der Waals surface area contributed by atoms with Gasteiger partial charge in [0.05, 0.1) is 21.3 Å². The molecule has 134 valence electrons. The van der Waals surface area contributed by atoms with E-state index in [9.17, 15) is 0 Å². The van der Waals surface area contributed by atoms with Crippen molar-refractivity contribution in [2.24, 2.45) is 0 Å². The van der Waals surface area contributed by atoms with Gasteiger partial charge in [-0.2, -0.15) is 0 Å². The lowest BCUT2D eigenvalue weighted by Gasteiger charge is -2.36. The Kier molecular flexibility index (Phi) is 5.66. The quantitative estimate of drug-likeness (QED) is 0.806. The van der Waals surface area contributed by atoms with E-state index >= 15 is 0 Å². The highest BCUT2D eigenvalue weighted by molar-refractivity contribution is 5.49. The molecule has 0 aliphatic carbocycles. The molecule has 0 aromatic heterocycles. The van der Waals surface area contributed by atoms with Crippen LogP contribution in [0, 0.1) is 0 Å². The molecule has 0 saturated carbocycles. The van der Waals surface area contributed by atoms with Crippen LogP contribution in [0.15, 0.2) is 42.5 Å². The molecule has 1 heterocycles. The van der Waals surface area contributed by atoms with Gasteiger partial charge in [-0.3, -0.25) is 4.90 Å². The van der Waals surface area contributed by atoms with Crippen LogP contribution in [0.5, 0.6) is 17.2 Å². The van der Waals surface area contributed by atoms with Crippen molar-refractivity contribution in [1.82, 2.24) is 4.90 Å². The molecule has 2 aromatic carbocycles. The first-order chi connectivity index (χ1) is 12.2. The third-order valence-corrected chi connectivity index (χ3v) is 4.69. The second-order valence-electron chi connectivity index (χ2n) is 6.14. The number of hydrogen-bond donors (Lipinski definition) is 0. The molecule has 1 aliphatic rings. The fourth-order valence-corrected chi connectivity index (χ4v) is 3.20. The summed E-state index contributed by atoms with van der Waals surface area (Å²) in [7, 11) is 5.10. The molecule has 5 nitrogen and oxygen atoms in total. The number of rotatable bonds is 6. The number of methoxy groups -OCH3 is 3. The molecule has 25 heavy (non-hydrogen) atoms. The normalized spacial score (nSPS) is 15.1. The van der Waals surface area contributed by atoms with Crippen LogP contribution in [-0.4, -0.2) is 52.4 Å². The zero-order valence-corrected chi connectivity index (χ0v) is 15.2. The average Bonchev–Trinajstić information content (AvgIpc) is 2.68. The summed E-state index contributed by atoms with van der Waals surface area (Å²) >= 11 is 0. The summed E-state index contributed by atoms with van der Waals surface area (Å²) in [6, 6.07) is 14.3. The lowest BCUT2D eigenvalue weighted by Crippen LogP contribution is -2.46. The van der Waals surface area contributed by atoms with Gasteiger partial charge in [-0.05, 0) is 42.5 Å². The van der Waals surface area contributed by atoms with Crippen molar-refractivity contribution in [2.75, 3.05) is 52.4 Å². The molecule has 0 unspecified atom stereocenters. The van der Waals surface area contributed by atoms with Crippen LogP contribution in [0.25, 0.3) is 0 Å². The molecular weight excluding hydrogens is 316 g/mol. The summed E-state index contributed by atoms with van der Waals surface area (Å²) in [5.41, 5.74) is 2.42. The van der Waals surface area contributed by atoms with E-state index in [1.165, 1.54) is 11.3 Å². The summed E-state index contributed by atoms with van der Waals surface area (Å²) in [4.78, 5) is 4.87. The van der Waals surface area contributed by atoms with E-state index in [1.807, 2.05) is 24.3 Å². The Morgan fingerprint density at radius 3 is 2.00 bits per heavy atom. The summed E-state index contributed by atoms with van der Waals surface area (Å²) in [5.74, 6) is 2.68. The minimum Gasteiger partial charge on any atom is -0.497 e. The van der Waals surface area contributed by atoms with E-state index in [1.54, 1.807) is 21.3 Å². The van der Waals surface area contributed by atoms with E-state index < -0.39 is 0 Å². The SMILES string of the molecule is COc1ccc(N2CCN(Cc3cc(OC)ccc3OC)CC2)cc1. The lowest BCUT2D eigenvalue weighted by molar-refractivity contribution is 0.245. The van der Waals surface area contributed by atoms with Crippen LogP contribution in [0.3, 0.4) is 0 Å². The molecule has 0 amide bonds. The minimum atomic E-state index is 0.868. The molecule has 0 radical (unpaired) electrons. The Morgan fingerprint density at radius 1 is 0.760 bits per heavy atom. The third kappa shape index (κ3) is 4.17. The molecule has 1 saturated heterocycles. The molecule has 0 atom stereocenters. The van der Waals surface area contributed by atoms with Crippen LogP contribution in [-0.2, 0) is 6.54 Å². The van der Waals surface area contributed by atoms with Crippen molar-refractivity contribution < 1.29 is 14.2 Å². The van der Waals surface area contributed by atoms with Crippen molar-refractivity contribution >= 4 is 5.69 Å². The first kappa shape index (κ1) is 17.4. The number of benzene rings is 2. The van der Waals surface area contributed by atoms with Crippen LogP contribution in [0.4, 0.5) is 5.69 Å². The molecule has 5 heteroatoms. The Labute approximate surface area is 149 Å². The predicted octanol–water partition coefficient (Wildman–Crippen LogP) is 3.03. The van der Waals surface area contributed by atoms with E-state index in [-0.39, 0.29) is 0 Å². The van der Waals surface area contributed by atoms with Crippen molar-refractivity contribution in [3.8, 4) is 17.2 Å². The molecule has 0 spiro atoms. The van der Waals surface area contributed by atoms with Gasteiger partial charge < -0.3 is 19.1 Å². The van der Waals surface area contributed by atoms with Gasteiger partial charge in [0.1, 0.15) is 17.2 Å². The molecule has 0 bridgehead atoms. The number of ether oxygens (including phenoxy) is 3. The Bertz CT molecular complexity index is 680. The zero-order chi connectivity index (χ0) is 17.6. The van der Waals surface area contributed by atoms with Crippen LogP contribution >= 0.6 is 0 Å². The van der Waals surface area contributed by atoms with E-state index in [2.05, 4.69) is 28.0 Å². The standard InChI is InChI=1S/C20H26N2O3/c1-23-18-6-4-17(5-7-18)22-12-10-21(11-13-22)15-16-14-19(24-2)8-9-20(16)25-3/h4-9,14H,10-13,15H2,1-3H3. The fraction of sp³-hybridized carbons (Fsp3) is 0.400. The van der Waals surface area contributed by atoms with Gasteiger partial charge in [-0.15, -0.1) is 0 Å². The second-order valence-corrected chi connectivity index (χ2v) is 6.14. The molecule has 2 aromatic rings.